The predicted octanol–water partition coefficient (Wildman–Crippen LogP) is 2.26. The van der Waals surface area contributed by atoms with E-state index in [0.29, 0.717) is 6.04 Å². The molecule has 72 valence electrons. The Balaban J connectivity index is 2.53. The van der Waals surface area contributed by atoms with Gasteiger partial charge in [-0.25, -0.2) is 4.98 Å². The first-order valence-corrected chi connectivity index (χ1v) is 4.70. The topological polar surface area (TPSA) is 50.9 Å². The molecule has 1 atom stereocenters. The molecule has 3 nitrogen and oxygen atoms in total. The van der Waals surface area contributed by atoms with Crippen molar-refractivity contribution >= 4 is 11.5 Å². The number of anilines is 2. The van der Waals surface area contributed by atoms with E-state index in [0.717, 1.165) is 17.9 Å². The van der Waals surface area contributed by atoms with E-state index in [-0.39, 0.29) is 0 Å². The Morgan fingerprint density at radius 1 is 1.62 bits per heavy atom. The molecule has 0 aliphatic carbocycles. The molecule has 0 aliphatic heterocycles. The van der Waals surface area contributed by atoms with Crippen LogP contribution in [0, 0.1) is 0 Å². The molecule has 1 aromatic rings. The first-order chi connectivity index (χ1) is 6.22. The maximum absolute atomic E-state index is 5.63. The summed E-state index contributed by atoms with van der Waals surface area (Å²) in [7, 11) is 0. The second-order valence-corrected chi connectivity index (χ2v) is 3.31. The molecular weight excluding hydrogens is 162 g/mol. The number of nitrogens with two attached hydrogens (primary N) is 1. The van der Waals surface area contributed by atoms with Gasteiger partial charge in [-0.15, -0.1) is 0 Å². The molecule has 0 bridgehead atoms. The fourth-order valence-electron chi connectivity index (χ4n) is 1.28. The summed E-state index contributed by atoms with van der Waals surface area (Å²) < 4.78 is 0. The van der Waals surface area contributed by atoms with Crippen LogP contribution >= 0.6 is 0 Å². The van der Waals surface area contributed by atoms with Crippen LogP contribution in [0.2, 0.25) is 0 Å². The summed E-state index contributed by atoms with van der Waals surface area (Å²) in [4.78, 5) is 4.17. The van der Waals surface area contributed by atoms with E-state index in [1.165, 1.54) is 6.42 Å². The lowest BCUT2D eigenvalue weighted by Gasteiger charge is -2.13. The number of rotatable bonds is 4. The van der Waals surface area contributed by atoms with Gasteiger partial charge in [0.15, 0.2) is 0 Å². The van der Waals surface area contributed by atoms with Gasteiger partial charge in [0, 0.05) is 24.0 Å². The molecule has 1 heterocycles. The third kappa shape index (κ3) is 3.32. The Hall–Kier alpha value is -1.25. The zero-order valence-corrected chi connectivity index (χ0v) is 8.25. The summed E-state index contributed by atoms with van der Waals surface area (Å²) >= 11 is 0. The van der Waals surface area contributed by atoms with Crippen LogP contribution in [-0.2, 0) is 0 Å². The first-order valence-electron chi connectivity index (χ1n) is 4.70. The average Bonchev–Trinajstić information content (AvgIpc) is 2.04. The SMILES string of the molecule is CCCC(C)Nc1cc(N)ccn1. The van der Waals surface area contributed by atoms with Crippen molar-refractivity contribution in [3.63, 3.8) is 0 Å². The molecule has 0 aliphatic rings. The Labute approximate surface area is 79.4 Å². The molecule has 3 N–H and O–H groups in total. The molecular formula is C10H17N3. The van der Waals surface area contributed by atoms with Crippen molar-refractivity contribution in [2.24, 2.45) is 0 Å². The van der Waals surface area contributed by atoms with Gasteiger partial charge in [0.2, 0.25) is 0 Å². The molecule has 1 unspecified atom stereocenters. The van der Waals surface area contributed by atoms with Gasteiger partial charge in [-0.1, -0.05) is 13.3 Å². The summed E-state index contributed by atoms with van der Waals surface area (Å²) in [6.45, 7) is 4.32. The summed E-state index contributed by atoms with van der Waals surface area (Å²) in [6, 6.07) is 4.10. The third-order valence-electron chi connectivity index (χ3n) is 1.90. The van der Waals surface area contributed by atoms with Crippen LogP contribution in [0.25, 0.3) is 0 Å². The number of aromatic nitrogens is 1. The second kappa shape index (κ2) is 4.70. The van der Waals surface area contributed by atoms with E-state index in [1.807, 2.05) is 6.07 Å². The predicted molar refractivity (Wildman–Crippen MR) is 56.6 cm³/mol. The molecule has 0 amide bonds. The van der Waals surface area contributed by atoms with E-state index in [1.54, 1.807) is 12.3 Å². The van der Waals surface area contributed by atoms with Crippen molar-refractivity contribution in [3.05, 3.63) is 18.3 Å². The average molecular weight is 179 g/mol. The number of pyridine rings is 1. The van der Waals surface area contributed by atoms with E-state index >= 15 is 0 Å². The maximum Gasteiger partial charge on any atom is 0.128 e. The van der Waals surface area contributed by atoms with Crippen molar-refractivity contribution in [1.82, 2.24) is 4.98 Å². The van der Waals surface area contributed by atoms with Crippen molar-refractivity contribution in [2.75, 3.05) is 11.1 Å². The summed E-state index contributed by atoms with van der Waals surface area (Å²) in [5, 5.41) is 3.29. The lowest BCUT2D eigenvalue weighted by Crippen LogP contribution is -2.15. The van der Waals surface area contributed by atoms with Gasteiger partial charge in [-0.2, -0.15) is 0 Å². The van der Waals surface area contributed by atoms with Crippen molar-refractivity contribution in [1.29, 1.82) is 0 Å². The van der Waals surface area contributed by atoms with Gasteiger partial charge >= 0.3 is 0 Å². The van der Waals surface area contributed by atoms with E-state index in [4.69, 9.17) is 5.73 Å². The highest BCUT2D eigenvalue weighted by Crippen LogP contribution is 2.10. The second-order valence-electron chi connectivity index (χ2n) is 3.31. The summed E-state index contributed by atoms with van der Waals surface area (Å²) in [6.07, 6.45) is 4.04. The van der Waals surface area contributed by atoms with E-state index in [2.05, 4.69) is 24.1 Å². The molecule has 0 aromatic carbocycles. The molecule has 0 saturated heterocycles. The van der Waals surface area contributed by atoms with Gasteiger partial charge < -0.3 is 11.1 Å². The molecule has 0 radical (unpaired) electrons. The van der Waals surface area contributed by atoms with Gasteiger partial charge in [0.25, 0.3) is 0 Å². The fraction of sp³-hybridized carbons (Fsp3) is 0.500. The van der Waals surface area contributed by atoms with E-state index < -0.39 is 0 Å². The largest absolute Gasteiger partial charge is 0.399 e. The number of nitrogens with one attached hydrogen (secondary N) is 1. The van der Waals surface area contributed by atoms with E-state index in [9.17, 15) is 0 Å². The van der Waals surface area contributed by atoms with Gasteiger partial charge in [0.1, 0.15) is 5.82 Å². The van der Waals surface area contributed by atoms with Crippen LogP contribution in [0.15, 0.2) is 18.3 Å². The van der Waals surface area contributed by atoms with Crippen LogP contribution in [0.1, 0.15) is 26.7 Å². The third-order valence-corrected chi connectivity index (χ3v) is 1.90. The molecule has 1 rings (SSSR count). The highest BCUT2D eigenvalue weighted by molar-refractivity contribution is 5.48. The maximum atomic E-state index is 5.63. The molecule has 13 heavy (non-hydrogen) atoms. The monoisotopic (exact) mass is 179 g/mol. The van der Waals surface area contributed by atoms with Crippen LogP contribution in [0.5, 0.6) is 0 Å². The minimum atomic E-state index is 0.458. The van der Waals surface area contributed by atoms with Crippen molar-refractivity contribution in [3.8, 4) is 0 Å². The fourth-order valence-corrected chi connectivity index (χ4v) is 1.28. The Morgan fingerprint density at radius 3 is 3.00 bits per heavy atom. The highest BCUT2D eigenvalue weighted by Gasteiger charge is 2.00. The Morgan fingerprint density at radius 2 is 2.38 bits per heavy atom. The lowest BCUT2D eigenvalue weighted by atomic mass is 10.2. The van der Waals surface area contributed by atoms with Gasteiger partial charge in [-0.3, -0.25) is 0 Å². The number of hydrogen-bond acceptors (Lipinski definition) is 3. The van der Waals surface area contributed by atoms with Crippen LogP contribution in [0.3, 0.4) is 0 Å². The van der Waals surface area contributed by atoms with Crippen LogP contribution < -0.4 is 11.1 Å². The van der Waals surface area contributed by atoms with Crippen molar-refractivity contribution in [2.45, 2.75) is 32.7 Å². The minimum absolute atomic E-state index is 0.458. The summed E-state index contributed by atoms with van der Waals surface area (Å²) in [5.41, 5.74) is 6.38. The lowest BCUT2D eigenvalue weighted by molar-refractivity contribution is 0.687. The standard InChI is InChI=1S/C10H17N3/c1-3-4-8(2)13-10-7-9(11)5-6-12-10/h5-8H,3-4H2,1-2H3,(H3,11,12,13). The number of nitrogens with zero attached hydrogens (tertiary/aromatic N) is 1. The first kappa shape index (κ1) is 9.84. The zero-order chi connectivity index (χ0) is 9.68. The highest BCUT2D eigenvalue weighted by atomic mass is 15.0. The molecule has 0 fully saturated rings. The van der Waals surface area contributed by atoms with Crippen molar-refractivity contribution < 1.29 is 0 Å². The Bertz CT molecular complexity index is 260. The summed E-state index contributed by atoms with van der Waals surface area (Å²) in [5.74, 6) is 0.862. The number of nitrogen functional groups attached to an aromatic ring is 1. The van der Waals surface area contributed by atoms with Gasteiger partial charge in [0.05, 0.1) is 0 Å². The zero-order valence-electron chi connectivity index (χ0n) is 8.25. The minimum Gasteiger partial charge on any atom is -0.399 e. The molecule has 1 aromatic heterocycles. The Kier molecular flexibility index (Phi) is 3.55. The smallest absolute Gasteiger partial charge is 0.128 e. The normalized spacial score (nSPS) is 12.5. The van der Waals surface area contributed by atoms with Gasteiger partial charge in [-0.05, 0) is 19.4 Å². The quantitative estimate of drug-likeness (QED) is 0.745. The molecule has 0 spiro atoms. The number of hydrogen-bond donors (Lipinski definition) is 2. The van der Waals surface area contributed by atoms with Crippen LogP contribution in [-0.4, -0.2) is 11.0 Å². The molecule has 0 saturated carbocycles. The molecule has 3 heteroatoms. The van der Waals surface area contributed by atoms with Crippen LogP contribution in [0.4, 0.5) is 11.5 Å².